The minimum atomic E-state index is -3.15. The summed E-state index contributed by atoms with van der Waals surface area (Å²) in [7, 11) is -3.15. The van der Waals surface area contributed by atoms with Crippen molar-refractivity contribution in [3.05, 3.63) is 0 Å². The molecular formula is C9H16O5S. The Labute approximate surface area is 89.0 Å². The van der Waals surface area contributed by atoms with Crippen LogP contribution in [-0.2, 0) is 14.6 Å². The van der Waals surface area contributed by atoms with Crippen LogP contribution in [-0.4, -0.2) is 41.7 Å². The van der Waals surface area contributed by atoms with Gasteiger partial charge in [0, 0.05) is 5.92 Å². The summed E-state index contributed by atoms with van der Waals surface area (Å²) in [5.41, 5.74) is -1.88. The minimum absolute atomic E-state index is 0.0169. The summed E-state index contributed by atoms with van der Waals surface area (Å²) in [5.74, 6) is -2.21. The molecule has 1 aliphatic heterocycles. The Morgan fingerprint density at radius 2 is 2.13 bits per heavy atom. The predicted molar refractivity (Wildman–Crippen MR) is 54.3 cm³/mol. The second-order valence-electron chi connectivity index (χ2n) is 4.08. The van der Waals surface area contributed by atoms with Gasteiger partial charge in [0.05, 0.1) is 11.5 Å². The standard InChI is InChI=1S/C9H16O5S/c1-2-4-9(12,8(10)11)7-3-5-15(13,14)6-7/h7,12H,2-6H2,1H3,(H,10,11). The molecule has 6 heteroatoms. The number of rotatable bonds is 4. The smallest absolute Gasteiger partial charge is 0.336 e. The molecule has 5 nitrogen and oxygen atoms in total. The van der Waals surface area contributed by atoms with E-state index < -0.39 is 27.3 Å². The molecule has 2 atom stereocenters. The number of carboxylic acid groups (broad SMARTS) is 1. The molecule has 15 heavy (non-hydrogen) atoms. The average Bonchev–Trinajstić information content (AvgIpc) is 2.46. The largest absolute Gasteiger partial charge is 0.479 e. The van der Waals surface area contributed by atoms with E-state index in [1.807, 2.05) is 0 Å². The number of aliphatic carboxylic acids is 1. The van der Waals surface area contributed by atoms with E-state index in [4.69, 9.17) is 5.11 Å². The zero-order valence-corrected chi connectivity index (χ0v) is 9.46. The second kappa shape index (κ2) is 4.09. The van der Waals surface area contributed by atoms with Gasteiger partial charge in [0.2, 0.25) is 0 Å². The fourth-order valence-corrected chi connectivity index (χ4v) is 3.90. The van der Waals surface area contributed by atoms with Crippen molar-refractivity contribution in [1.82, 2.24) is 0 Å². The zero-order valence-electron chi connectivity index (χ0n) is 8.64. The topological polar surface area (TPSA) is 91.7 Å². The quantitative estimate of drug-likeness (QED) is 0.719. The Balaban J connectivity index is 2.88. The summed E-state index contributed by atoms with van der Waals surface area (Å²) in [6.07, 6.45) is 0.854. The van der Waals surface area contributed by atoms with Crippen molar-refractivity contribution in [2.24, 2.45) is 5.92 Å². The van der Waals surface area contributed by atoms with E-state index in [9.17, 15) is 18.3 Å². The third-order valence-corrected chi connectivity index (χ3v) is 4.68. The van der Waals surface area contributed by atoms with Crippen molar-refractivity contribution in [2.75, 3.05) is 11.5 Å². The molecule has 0 saturated carbocycles. The van der Waals surface area contributed by atoms with Gasteiger partial charge in [-0.05, 0) is 12.8 Å². The summed E-state index contributed by atoms with van der Waals surface area (Å²) in [4.78, 5) is 11.0. The van der Waals surface area contributed by atoms with Gasteiger partial charge in [-0.15, -0.1) is 0 Å². The molecule has 2 unspecified atom stereocenters. The number of hydrogen-bond acceptors (Lipinski definition) is 4. The fraction of sp³-hybridized carbons (Fsp3) is 0.889. The molecular weight excluding hydrogens is 220 g/mol. The highest BCUT2D eigenvalue weighted by Crippen LogP contribution is 2.32. The molecule has 1 aliphatic rings. The van der Waals surface area contributed by atoms with E-state index in [2.05, 4.69) is 0 Å². The predicted octanol–water partition coefficient (Wildman–Crippen LogP) is 0.0369. The number of hydrogen-bond donors (Lipinski definition) is 2. The van der Waals surface area contributed by atoms with Gasteiger partial charge in [-0.25, -0.2) is 13.2 Å². The molecule has 0 spiro atoms. The summed E-state index contributed by atoms with van der Waals surface area (Å²) in [5, 5.41) is 18.9. The normalized spacial score (nSPS) is 28.5. The molecule has 0 aliphatic carbocycles. The first-order valence-corrected chi connectivity index (χ1v) is 6.80. The van der Waals surface area contributed by atoms with Crippen LogP contribution in [0.3, 0.4) is 0 Å². The Kier molecular flexibility index (Phi) is 3.40. The lowest BCUT2D eigenvalue weighted by Gasteiger charge is -2.28. The van der Waals surface area contributed by atoms with Crippen LogP contribution in [0.2, 0.25) is 0 Å². The van der Waals surface area contributed by atoms with Crippen LogP contribution in [0.4, 0.5) is 0 Å². The maximum Gasteiger partial charge on any atom is 0.336 e. The van der Waals surface area contributed by atoms with E-state index in [-0.39, 0.29) is 24.3 Å². The molecule has 2 N–H and O–H groups in total. The Bertz CT molecular complexity index is 348. The minimum Gasteiger partial charge on any atom is -0.479 e. The van der Waals surface area contributed by atoms with Crippen LogP contribution in [0, 0.1) is 5.92 Å². The van der Waals surface area contributed by atoms with Gasteiger partial charge in [0.25, 0.3) is 0 Å². The highest BCUT2D eigenvalue weighted by atomic mass is 32.2. The number of aliphatic hydroxyl groups is 1. The third kappa shape index (κ3) is 2.49. The number of carboxylic acids is 1. The SMILES string of the molecule is CCCC(O)(C(=O)O)C1CCS(=O)(=O)C1. The van der Waals surface area contributed by atoms with E-state index in [1.165, 1.54) is 0 Å². The maximum absolute atomic E-state index is 11.2. The molecule has 0 amide bonds. The highest BCUT2D eigenvalue weighted by molar-refractivity contribution is 7.91. The van der Waals surface area contributed by atoms with Gasteiger partial charge in [-0.1, -0.05) is 13.3 Å². The molecule has 1 heterocycles. The molecule has 0 aromatic heterocycles. The summed E-state index contributed by atoms with van der Waals surface area (Å²) >= 11 is 0. The van der Waals surface area contributed by atoms with Gasteiger partial charge in [-0.3, -0.25) is 0 Å². The van der Waals surface area contributed by atoms with E-state index >= 15 is 0 Å². The average molecular weight is 236 g/mol. The lowest BCUT2D eigenvalue weighted by Crippen LogP contribution is -2.46. The molecule has 0 bridgehead atoms. The van der Waals surface area contributed by atoms with Gasteiger partial charge in [-0.2, -0.15) is 0 Å². The lowest BCUT2D eigenvalue weighted by atomic mass is 9.83. The zero-order chi connectivity index (χ0) is 11.7. The van der Waals surface area contributed by atoms with Gasteiger partial charge in [0.15, 0.2) is 15.4 Å². The van der Waals surface area contributed by atoms with Crippen LogP contribution >= 0.6 is 0 Å². The summed E-state index contributed by atoms with van der Waals surface area (Å²) in [6.45, 7) is 1.76. The monoisotopic (exact) mass is 236 g/mol. The number of carbonyl (C=O) groups is 1. The van der Waals surface area contributed by atoms with Gasteiger partial charge >= 0.3 is 5.97 Å². The first kappa shape index (κ1) is 12.4. The summed E-state index contributed by atoms with van der Waals surface area (Å²) in [6, 6.07) is 0. The molecule has 0 aromatic carbocycles. The number of sulfone groups is 1. The molecule has 1 fully saturated rings. The second-order valence-corrected chi connectivity index (χ2v) is 6.31. The van der Waals surface area contributed by atoms with Crippen LogP contribution in [0.15, 0.2) is 0 Å². The highest BCUT2D eigenvalue weighted by Gasteiger charge is 2.48. The molecule has 88 valence electrons. The van der Waals surface area contributed by atoms with E-state index in [0.717, 1.165) is 0 Å². The van der Waals surface area contributed by atoms with Crippen molar-refractivity contribution < 1.29 is 23.4 Å². The van der Waals surface area contributed by atoms with Crippen LogP contribution in [0.5, 0.6) is 0 Å². The molecule has 1 rings (SSSR count). The Morgan fingerprint density at radius 3 is 2.47 bits per heavy atom. The van der Waals surface area contributed by atoms with Crippen molar-refractivity contribution in [3.8, 4) is 0 Å². The van der Waals surface area contributed by atoms with Gasteiger partial charge < -0.3 is 10.2 Å². The van der Waals surface area contributed by atoms with Gasteiger partial charge in [0.1, 0.15) is 0 Å². The van der Waals surface area contributed by atoms with Crippen molar-refractivity contribution >= 4 is 15.8 Å². The first-order chi connectivity index (χ1) is 6.82. The van der Waals surface area contributed by atoms with E-state index in [0.29, 0.717) is 6.42 Å². The van der Waals surface area contributed by atoms with Crippen molar-refractivity contribution in [1.29, 1.82) is 0 Å². The lowest BCUT2D eigenvalue weighted by molar-refractivity contribution is -0.165. The molecule has 1 saturated heterocycles. The van der Waals surface area contributed by atoms with Crippen LogP contribution in [0.1, 0.15) is 26.2 Å². The molecule has 0 aromatic rings. The van der Waals surface area contributed by atoms with Crippen molar-refractivity contribution in [2.45, 2.75) is 31.8 Å². The van der Waals surface area contributed by atoms with Crippen molar-refractivity contribution in [3.63, 3.8) is 0 Å². The Hall–Kier alpha value is -0.620. The molecule has 0 radical (unpaired) electrons. The maximum atomic E-state index is 11.2. The van der Waals surface area contributed by atoms with Crippen LogP contribution < -0.4 is 0 Å². The van der Waals surface area contributed by atoms with Crippen LogP contribution in [0.25, 0.3) is 0 Å². The summed E-state index contributed by atoms with van der Waals surface area (Å²) < 4.78 is 22.4. The van der Waals surface area contributed by atoms with E-state index in [1.54, 1.807) is 6.92 Å². The third-order valence-electron chi connectivity index (χ3n) is 2.91. The first-order valence-electron chi connectivity index (χ1n) is 4.98. The Morgan fingerprint density at radius 1 is 1.53 bits per heavy atom. The fourth-order valence-electron chi connectivity index (χ4n) is 2.04.